The molecule has 0 aliphatic rings. The van der Waals surface area contributed by atoms with Crippen LogP contribution in [0.25, 0.3) is 10.9 Å². The molecule has 3 rings (SSSR count). The highest BCUT2D eigenvalue weighted by molar-refractivity contribution is 8.00. The summed E-state index contributed by atoms with van der Waals surface area (Å²) < 4.78 is 0. The fourth-order valence-corrected chi connectivity index (χ4v) is 3.65. The maximum Gasteiger partial charge on any atom is 0.233 e. The lowest BCUT2D eigenvalue weighted by Crippen LogP contribution is -2.28. The van der Waals surface area contributed by atoms with Crippen molar-refractivity contribution in [3.05, 3.63) is 65.5 Å². The Morgan fingerprint density at radius 2 is 1.76 bits per heavy atom. The second kappa shape index (κ2) is 7.66. The van der Waals surface area contributed by atoms with E-state index in [-0.39, 0.29) is 5.91 Å². The van der Waals surface area contributed by atoms with Crippen LogP contribution in [0.4, 0.5) is 0 Å². The van der Waals surface area contributed by atoms with Crippen molar-refractivity contribution in [2.75, 3.05) is 12.8 Å². The smallest absolute Gasteiger partial charge is 0.233 e. The molecule has 0 radical (unpaired) electrons. The lowest BCUT2D eigenvalue weighted by Gasteiger charge is -2.18. The van der Waals surface area contributed by atoms with E-state index in [2.05, 4.69) is 29.0 Å². The van der Waals surface area contributed by atoms with E-state index in [0.29, 0.717) is 12.3 Å². The van der Waals surface area contributed by atoms with Gasteiger partial charge in [0.1, 0.15) is 10.9 Å². The molecule has 5 heteroatoms. The first-order valence-electron chi connectivity index (χ1n) is 8.19. The van der Waals surface area contributed by atoms with Crippen molar-refractivity contribution < 1.29 is 4.79 Å². The number of aryl methyl sites for hydroxylation is 2. The molecule has 0 atom stereocenters. The highest BCUT2D eigenvalue weighted by Gasteiger charge is 2.13. The van der Waals surface area contributed by atoms with Crippen molar-refractivity contribution in [1.29, 1.82) is 0 Å². The fraction of sp³-hybridized carbons (Fsp3) is 0.250. The van der Waals surface area contributed by atoms with Gasteiger partial charge < -0.3 is 4.90 Å². The Kier molecular flexibility index (Phi) is 5.34. The van der Waals surface area contributed by atoms with Gasteiger partial charge in [-0.05, 0) is 31.0 Å². The van der Waals surface area contributed by atoms with Gasteiger partial charge >= 0.3 is 0 Å². The molecular weight excluding hydrogens is 330 g/mol. The van der Waals surface area contributed by atoms with Crippen molar-refractivity contribution in [1.82, 2.24) is 14.9 Å². The first-order chi connectivity index (χ1) is 12.0. The zero-order chi connectivity index (χ0) is 17.8. The van der Waals surface area contributed by atoms with Gasteiger partial charge in [-0.15, -0.1) is 0 Å². The standard InChI is InChI=1S/C20H21N3OS/c1-14-8-4-5-9-16(14)12-23(3)19(24)13-25-20-17-10-6-7-11-18(17)21-15(2)22-20/h4-11H,12-13H2,1-3H3. The zero-order valence-corrected chi connectivity index (χ0v) is 15.5. The third-order valence-electron chi connectivity index (χ3n) is 4.11. The molecule has 128 valence electrons. The Morgan fingerprint density at radius 1 is 1.04 bits per heavy atom. The van der Waals surface area contributed by atoms with E-state index in [4.69, 9.17) is 0 Å². The van der Waals surface area contributed by atoms with Crippen LogP contribution in [0.5, 0.6) is 0 Å². The summed E-state index contributed by atoms with van der Waals surface area (Å²) in [7, 11) is 1.85. The minimum absolute atomic E-state index is 0.0913. The van der Waals surface area contributed by atoms with Crippen LogP contribution < -0.4 is 0 Å². The maximum atomic E-state index is 12.5. The number of nitrogens with zero attached hydrogens (tertiary/aromatic N) is 3. The van der Waals surface area contributed by atoms with Gasteiger partial charge in [0.05, 0.1) is 11.3 Å². The number of rotatable bonds is 5. The first kappa shape index (κ1) is 17.4. The minimum atomic E-state index is 0.0913. The minimum Gasteiger partial charge on any atom is -0.341 e. The Labute approximate surface area is 152 Å². The van der Waals surface area contributed by atoms with Crippen LogP contribution in [-0.4, -0.2) is 33.6 Å². The normalized spacial score (nSPS) is 10.8. The van der Waals surface area contributed by atoms with Crippen LogP contribution in [0.1, 0.15) is 17.0 Å². The molecule has 3 aromatic rings. The number of thioether (sulfide) groups is 1. The van der Waals surface area contributed by atoms with Crippen molar-refractivity contribution in [2.24, 2.45) is 0 Å². The van der Waals surface area contributed by atoms with E-state index in [1.807, 2.05) is 50.4 Å². The second-order valence-electron chi connectivity index (χ2n) is 6.06. The van der Waals surface area contributed by atoms with Crippen molar-refractivity contribution in [3.8, 4) is 0 Å². The van der Waals surface area contributed by atoms with E-state index in [1.54, 1.807) is 4.90 Å². The summed E-state index contributed by atoms with van der Waals surface area (Å²) in [6.07, 6.45) is 0. The number of carbonyl (C=O) groups excluding carboxylic acids is 1. The molecule has 0 N–H and O–H groups in total. The summed E-state index contributed by atoms with van der Waals surface area (Å²) in [5.41, 5.74) is 3.29. The van der Waals surface area contributed by atoms with E-state index >= 15 is 0 Å². The number of aromatic nitrogens is 2. The van der Waals surface area contributed by atoms with E-state index in [1.165, 1.54) is 22.9 Å². The molecular formula is C20H21N3OS. The molecule has 0 unspecified atom stereocenters. The summed E-state index contributed by atoms with van der Waals surface area (Å²) in [5.74, 6) is 1.18. The second-order valence-corrected chi connectivity index (χ2v) is 7.02. The molecule has 4 nitrogen and oxygen atoms in total. The van der Waals surface area contributed by atoms with Crippen molar-refractivity contribution in [3.63, 3.8) is 0 Å². The molecule has 0 bridgehead atoms. The van der Waals surface area contributed by atoms with Gasteiger partial charge in [-0.25, -0.2) is 9.97 Å². The zero-order valence-electron chi connectivity index (χ0n) is 14.7. The predicted molar refractivity (Wildman–Crippen MR) is 103 cm³/mol. The molecule has 1 aromatic heterocycles. The van der Waals surface area contributed by atoms with E-state index in [0.717, 1.165) is 21.8 Å². The third-order valence-corrected chi connectivity index (χ3v) is 5.08. The Bertz CT molecular complexity index is 910. The number of amides is 1. The lowest BCUT2D eigenvalue weighted by molar-refractivity contribution is -0.127. The Balaban J connectivity index is 1.69. The first-order valence-corrected chi connectivity index (χ1v) is 9.18. The molecule has 1 heterocycles. The fourth-order valence-electron chi connectivity index (χ4n) is 2.64. The van der Waals surface area contributed by atoms with Gasteiger partial charge in [0.2, 0.25) is 5.91 Å². The van der Waals surface area contributed by atoms with Crippen molar-refractivity contribution >= 4 is 28.6 Å². The van der Waals surface area contributed by atoms with Gasteiger partial charge in [-0.3, -0.25) is 4.79 Å². The largest absolute Gasteiger partial charge is 0.341 e. The molecule has 2 aromatic carbocycles. The number of fused-ring (bicyclic) bond motifs is 1. The molecule has 0 saturated heterocycles. The summed E-state index contributed by atoms with van der Waals surface area (Å²) in [5, 5.41) is 1.85. The Hall–Kier alpha value is -2.40. The number of hydrogen-bond acceptors (Lipinski definition) is 4. The van der Waals surface area contributed by atoms with Crippen LogP contribution in [-0.2, 0) is 11.3 Å². The maximum absolute atomic E-state index is 12.5. The van der Waals surface area contributed by atoms with E-state index in [9.17, 15) is 4.79 Å². The molecule has 0 aliphatic heterocycles. The molecule has 1 amide bonds. The average molecular weight is 351 g/mol. The Morgan fingerprint density at radius 3 is 2.56 bits per heavy atom. The van der Waals surface area contributed by atoms with Crippen LogP contribution in [0, 0.1) is 13.8 Å². The van der Waals surface area contributed by atoms with E-state index < -0.39 is 0 Å². The topological polar surface area (TPSA) is 46.1 Å². The molecule has 0 aliphatic carbocycles. The molecule has 0 saturated carbocycles. The van der Waals surface area contributed by atoms with Crippen molar-refractivity contribution in [2.45, 2.75) is 25.4 Å². The van der Waals surface area contributed by atoms with Gasteiger partial charge in [0.25, 0.3) is 0 Å². The SMILES string of the molecule is Cc1nc(SCC(=O)N(C)Cc2ccccc2C)c2ccccc2n1. The number of para-hydroxylation sites is 1. The monoisotopic (exact) mass is 351 g/mol. The highest BCUT2D eigenvalue weighted by atomic mass is 32.2. The van der Waals surface area contributed by atoms with Crippen LogP contribution in [0.15, 0.2) is 53.6 Å². The number of carbonyl (C=O) groups is 1. The quantitative estimate of drug-likeness (QED) is 0.515. The van der Waals surface area contributed by atoms with Gasteiger partial charge in [0, 0.05) is 19.0 Å². The summed E-state index contributed by atoms with van der Waals surface area (Å²) >= 11 is 1.47. The average Bonchev–Trinajstić information content (AvgIpc) is 2.61. The molecule has 0 fully saturated rings. The van der Waals surface area contributed by atoms with Gasteiger partial charge in [-0.1, -0.05) is 54.2 Å². The highest BCUT2D eigenvalue weighted by Crippen LogP contribution is 2.25. The van der Waals surface area contributed by atoms with Gasteiger partial charge in [-0.2, -0.15) is 0 Å². The van der Waals surface area contributed by atoms with Gasteiger partial charge in [0.15, 0.2) is 0 Å². The summed E-state index contributed by atoms with van der Waals surface area (Å²) in [6.45, 7) is 4.57. The lowest BCUT2D eigenvalue weighted by atomic mass is 10.1. The van der Waals surface area contributed by atoms with Crippen LogP contribution >= 0.6 is 11.8 Å². The molecule has 0 spiro atoms. The molecule has 25 heavy (non-hydrogen) atoms. The van der Waals surface area contributed by atoms with Crippen LogP contribution in [0.2, 0.25) is 0 Å². The number of hydrogen-bond donors (Lipinski definition) is 0. The third kappa shape index (κ3) is 4.17. The summed E-state index contributed by atoms with van der Waals surface area (Å²) in [4.78, 5) is 23.2. The number of benzene rings is 2. The predicted octanol–water partition coefficient (Wildman–Crippen LogP) is 4.00. The summed E-state index contributed by atoms with van der Waals surface area (Å²) in [6, 6.07) is 16.1. The van der Waals surface area contributed by atoms with Crippen LogP contribution in [0.3, 0.4) is 0 Å².